The molecule has 1 heterocycles. The van der Waals surface area contributed by atoms with Gasteiger partial charge >= 0.3 is 0 Å². The number of halogens is 1. The average molecular weight is 288 g/mol. The highest BCUT2D eigenvalue weighted by molar-refractivity contribution is 5.94. The summed E-state index contributed by atoms with van der Waals surface area (Å²) in [5, 5.41) is 5.78. The minimum atomic E-state index is -0.361. The second-order valence-electron chi connectivity index (χ2n) is 4.66. The smallest absolute Gasteiger partial charge is 0.251 e. The fourth-order valence-electron chi connectivity index (χ4n) is 1.86. The van der Waals surface area contributed by atoms with Crippen LogP contribution in [0.2, 0.25) is 0 Å². The first-order valence-corrected chi connectivity index (χ1v) is 6.64. The molecular formula is C15H17FN4O. The molecule has 6 heteroatoms. The molecule has 0 saturated heterocycles. The van der Waals surface area contributed by atoms with Crippen LogP contribution in [0, 0.1) is 19.7 Å². The molecule has 0 aliphatic heterocycles. The summed E-state index contributed by atoms with van der Waals surface area (Å²) >= 11 is 0. The van der Waals surface area contributed by atoms with Gasteiger partial charge in [0.2, 0.25) is 5.95 Å². The minimum Gasteiger partial charge on any atom is -0.352 e. The summed E-state index contributed by atoms with van der Waals surface area (Å²) < 4.78 is 12.8. The Morgan fingerprint density at radius 2 is 1.71 bits per heavy atom. The lowest BCUT2D eigenvalue weighted by molar-refractivity contribution is 0.0955. The summed E-state index contributed by atoms with van der Waals surface area (Å²) in [7, 11) is 0. The molecule has 0 atom stereocenters. The van der Waals surface area contributed by atoms with Crippen molar-refractivity contribution < 1.29 is 9.18 Å². The SMILES string of the molecule is Cc1cc(C)nc(NCCNC(=O)c2ccc(F)cc2)n1. The first-order valence-electron chi connectivity index (χ1n) is 6.64. The molecule has 0 aliphatic carbocycles. The van der Waals surface area contributed by atoms with E-state index >= 15 is 0 Å². The summed E-state index contributed by atoms with van der Waals surface area (Å²) in [6, 6.07) is 7.31. The Hall–Kier alpha value is -2.50. The van der Waals surface area contributed by atoms with E-state index in [4.69, 9.17) is 0 Å². The van der Waals surface area contributed by atoms with Crippen LogP contribution in [-0.2, 0) is 0 Å². The third-order valence-electron chi connectivity index (χ3n) is 2.78. The number of aryl methyl sites for hydroxylation is 2. The van der Waals surface area contributed by atoms with Gasteiger partial charge in [0.25, 0.3) is 5.91 Å². The van der Waals surface area contributed by atoms with Gasteiger partial charge in [0.15, 0.2) is 0 Å². The van der Waals surface area contributed by atoms with Gasteiger partial charge in [-0.05, 0) is 44.2 Å². The summed E-state index contributed by atoms with van der Waals surface area (Å²) in [4.78, 5) is 20.3. The van der Waals surface area contributed by atoms with Gasteiger partial charge in [-0.1, -0.05) is 0 Å². The number of nitrogens with zero attached hydrogens (tertiary/aromatic N) is 2. The van der Waals surface area contributed by atoms with Crippen LogP contribution in [-0.4, -0.2) is 29.0 Å². The van der Waals surface area contributed by atoms with Gasteiger partial charge in [0, 0.05) is 30.0 Å². The third kappa shape index (κ3) is 4.52. The third-order valence-corrected chi connectivity index (χ3v) is 2.78. The number of rotatable bonds is 5. The molecule has 0 saturated carbocycles. The Bertz CT molecular complexity index is 608. The van der Waals surface area contributed by atoms with Gasteiger partial charge in [-0.3, -0.25) is 4.79 Å². The molecule has 110 valence electrons. The van der Waals surface area contributed by atoms with Crippen molar-refractivity contribution in [2.24, 2.45) is 0 Å². The molecule has 0 bridgehead atoms. The lowest BCUT2D eigenvalue weighted by atomic mass is 10.2. The molecule has 0 radical (unpaired) electrons. The Morgan fingerprint density at radius 1 is 1.10 bits per heavy atom. The van der Waals surface area contributed by atoms with Crippen molar-refractivity contribution in [3.63, 3.8) is 0 Å². The Morgan fingerprint density at radius 3 is 2.33 bits per heavy atom. The van der Waals surface area contributed by atoms with Crippen LogP contribution in [0.1, 0.15) is 21.7 Å². The molecule has 1 amide bonds. The topological polar surface area (TPSA) is 66.9 Å². The van der Waals surface area contributed by atoms with E-state index in [0.717, 1.165) is 11.4 Å². The van der Waals surface area contributed by atoms with Crippen LogP contribution in [0.15, 0.2) is 30.3 Å². The van der Waals surface area contributed by atoms with Gasteiger partial charge in [0.05, 0.1) is 0 Å². The van der Waals surface area contributed by atoms with Gasteiger partial charge in [0.1, 0.15) is 5.82 Å². The fraction of sp³-hybridized carbons (Fsp3) is 0.267. The maximum absolute atomic E-state index is 12.8. The van der Waals surface area contributed by atoms with Gasteiger partial charge in [-0.2, -0.15) is 0 Å². The van der Waals surface area contributed by atoms with E-state index in [1.165, 1.54) is 24.3 Å². The second-order valence-corrected chi connectivity index (χ2v) is 4.66. The standard InChI is InChI=1S/C15H17FN4O/c1-10-9-11(2)20-15(19-10)18-8-7-17-14(21)12-3-5-13(16)6-4-12/h3-6,9H,7-8H2,1-2H3,(H,17,21)(H,18,19,20). The number of hydrogen-bond donors (Lipinski definition) is 2. The van der Waals surface area contributed by atoms with Crippen molar-refractivity contribution in [2.75, 3.05) is 18.4 Å². The van der Waals surface area contributed by atoms with Crippen molar-refractivity contribution >= 4 is 11.9 Å². The quantitative estimate of drug-likeness (QED) is 0.827. The minimum absolute atomic E-state index is 0.238. The predicted molar refractivity (Wildman–Crippen MR) is 78.7 cm³/mol. The van der Waals surface area contributed by atoms with Crippen molar-refractivity contribution in [3.05, 3.63) is 53.1 Å². The van der Waals surface area contributed by atoms with Crippen molar-refractivity contribution in [3.8, 4) is 0 Å². The zero-order chi connectivity index (χ0) is 15.2. The highest BCUT2D eigenvalue weighted by atomic mass is 19.1. The summed E-state index contributed by atoms with van der Waals surface area (Å²) in [5.74, 6) is -0.0538. The number of carbonyl (C=O) groups is 1. The molecular weight excluding hydrogens is 271 g/mol. The Kier molecular flexibility index (Phi) is 4.81. The highest BCUT2D eigenvalue weighted by Gasteiger charge is 2.04. The van der Waals surface area contributed by atoms with Crippen LogP contribution in [0.4, 0.5) is 10.3 Å². The van der Waals surface area contributed by atoms with E-state index in [1.807, 2.05) is 19.9 Å². The summed E-state index contributed by atoms with van der Waals surface area (Å²) in [6.07, 6.45) is 0. The van der Waals surface area contributed by atoms with E-state index in [0.29, 0.717) is 24.6 Å². The maximum Gasteiger partial charge on any atom is 0.251 e. The number of amides is 1. The molecule has 21 heavy (non-hydrogen) atoms. The fourth-order valence-corrected chi connectivity index (χ4v) is 1.86. The molecule has 1 aromatic carbocycles. The molecule has 2 rings (SSSR count). The van der Waals surface area contributed by atoms with E-state index in [1.54, 1.807) is 0 Å². The van der Waals surface area contributed by atoms with Gasteiger partial charge in [-0.25, -0.2) is 14.4 Å². The maximum atomic E-state index is 12.8. The molecule has 2 N–H and O–H groups in total. The molecule has 0 fully saturated rings. The number of hydrogen-bond acceptors (Lipinski definition) is 4. The lowest BCUT2D eigenvalue weighted by Crippen LogP contribution is -2.29. The zero-order valence-corrected chi connectivity index (χ0v) is 12.0. The number of carbonyl (C=O) groups excluding carboxylic acids is 1. The first kappa shape index (κ1) is 14.9. The Labute approximate surface area is 122 Å². The first-order chi connectivity index (χ1) is 10.0. The molecule has 1 aromatic heterocycles. The Balaban J connectivity index is 1.79. The summed E-state index contributed by atoms with van der Waals surface area (Å²) in [5.41, 5.74) is 2.21. The van der Waals surface area contributed by atoms with Crippen LogP contribution < -0.4 is 10.6 Å². The van der Waals surface area contributed by atoms with Gasteiger partial charge in [-0.15, -0.1) is 0 Å². The molecule has 0 aliphatic rings. The predicted octanol–water partition coefficient (Wildman–Crippen LogP) is 2.07. The van der Waals surface area contributed by atoms with Crippen molar-refractivity contribution in [1.82, 2.24) is 15.3 Å². The second kappa shape index (κ2) is 6.78. The zero-order valence-electron chi connectivity index (χ0n) is 12.0. The van der Waals surface area contributed by atoms with Gasteiger partial charge < -0.3 is 10.6 Å². The van der Waals surface area contributed by atoms with Crippen molar-refractivity contribution in [1.29, 1.82) is 0 Å². The molecule has 2 aromatic rings. The van der Waals surface area contributed by atoms with Crippen LogP contribution in [0.25, 0.3) is 0 Å². The highest BCUT2D eigenvalue weighted by Crippen LogP contribution is 2.03. The van der Waals surface area contributed by atoms with E-state index in [-0.39, 0.29) is 11.7 Å². The molecule has 0 unspecified atom stereocenters. The number of nitrogens with one attached hydrogen (secondary N) is 2. The molecule has 5 nitrogen and oxygen atoms in total. The van der Waals surface area contributed by atoms with Crippen LogP contribution in [0.5, 0.6) is 0 Å². The monoisotopic (exact) mass is 288 g/mol. The largest absolute Gasteiger partial charge is 0.352 e. The normalized spacial score (nSPS) is 10.2. The molecule has 0 spiro atoms. The number of aromatic nitrogens is 2. The van der Waals surface area contributed by atoms with E-state index in [2.05, 4.69) is 20.6 Å². The van der Waals surface area contributed by atoms with Crippen LogP contribution >= 0.6 is 0 Å². The lowest BCUT2D eigenvalue weighted by Gasteiger charge is -2.08. The number of anilines is 1. The average Bonchev–Trinajstić information content (AvgIpc) is 2.43. The number of benzene rings is 1. The van der Waals surface area contributed by atoms with Crippen LogP contribution in [0.3, 0.4) is 0 Å². The van der Waals surface area contributed by atoms with Crippen molar-refractivity contribution in [2.45, 2.75) is 13.8 Å². The van der Waals surface area contributed by atoms with E-state index in [9.17, 15) is 9.18 Å². The summed E-state index contributed by atoms with van der Waals surface area (Å²) in [6.45, 7) is 4.73. The van der Waals surface area contributed by atoms with E-state index < -0.39 is 0 Å².